The van der Waals surface area contributed by atoms with Gasteiger partial charge in [0.2, 0.25) is 11.8 Å². The smallest absolute Gasteiger partial charge is 0.242 e. The number of hydrogen-bond acceptors (Lipinski definition) is 3. The van der Waals surface area contributed by atoms with Crippen molar-refractivity contribution in [2.75, 3.05) is 5.75 Å². The summed E-state index contributed by atoms with van der Waals surface area (Å²) in [4.78, 5) is 27.5. The molecule has 0 aliphatic rings. The zero-order valence-electron chi connectivity index (χ0n) is 18.4. The van der Waals surface area contributed by atoms with Crippen molar-refractivity contribution in [3.63, 3.8) is 0 Å². The van der Waals surface area contributed by atoms with Crippen molar-refractivity contribution in [3.8, 4) is 0 Å². The van der Waals surface area contributed by atoms with E-state index in [0.717, 1.165) is 11.3 Å². The Hall–Kier alpha value is -1.98. The molecule has 0 aromatic heterocycles. The van der Waals surface area contributed by atoms with E-state index < -0.39 is 6.04 Å². The molecule has 1 atom stereocenters. The van der Waals surface area contributed by atoms with Gasteiger partial charge in [-0.25, -0.2) is 0 Å². The van der Waals surface area contributed by atoms with Gasteiger partial charge >= 0.3 is 0 Å². The summed E-state index contributed by atoms with van der Waals surface area (Å²) in [5, 5.41) is 3.56. The van der Waals surface area contributed by atoms with Gasteiger partial charge in [0.1, 0.15) is 6.04 Å². The molecule has 1 N–H and O–H groups in total. The van der Waals surface area contributed by atoms with Crippen molar-refractivity contribution in [2.45, 2.75) is 58.5 Å². The third-order valence-electron chi connectivity index (χ3n) is 4.58. The Morgan fingerprint density at radius 2 is 1.73 bits per heavy atom. The van der Waals surface area contributed by atoms with Crippen molar-refractivity contribution in [2.24, 2.45) is 0 Å². The number of nitrogens with zero attached hydrogens (tertiary/aromatic N) is 1. The Labute approximate surface area is 189 Å². The van der Waals surface area contributed by atoms with E-state index in [-0.39, 0.29) is 17.4 Å². The maximum absolute atomic E-state index is 13.1. The molecule has 4 nitrogen and oxygen atoms in total. The first kappa shape index (κ1) is 24.3. The van der Waals surface area contributed by atoms with Gasteiger partial charge < -0.3 is 10.2 Å². The van der Waals surface area contributed by atoms with Crippen LogP contribution in [0, 0.1) is 6.92 Å². The molecule has 2 aromatic carbocycles. The molecule has 2 amide bonds. The standard InChI is InChI=1S/C24H31ClN2O2S/c1-17-10-12-19(13-11-17)15-30-16-22(28)27(14-20-8-6-7-9-21(20)25)18(2)23(29)26-24(3,4)5/h6-13,18H,14-16H2,1-5H3,(H,26,29)/t18-/m1/s1. The maximum atomic E-state index is 13.1. The zero-order chi connectivity index (χ0) is 22.3. The van der Waals surface area contributed by atoms with Gasteiger partial charge in [-0.1, -0.05) is 59.6 Å². The van der Waals surface area contributed by atoms with Crippen LogP contribution in [0.15, 0.2) is 48.5 Å². The van der Waals surface area contributed by atoms with E-state index >= 15 is 0 Å². The fourth-order valence-electron chi connectivity index (χ4n) is 2.89. The van der Waals surface area contributed by atoms with Gasteiger partial charge in [-0.2, -0.15) is 0 Å². The SMILES string of the molecule is Cc1ccc(CSCC(=O)N(Cc2ccccc2Cl)[C@H](C)C(=O)NC(C)(C)C)cc1. The first-order valence-electron chi connectivity index (χ1n) is 10.0. The fraction of sp³-hybridized carbons (Fsp3) is 0.417. The Morgan fingerprint density at radius 3 is 2.33 bits per heavy atom. The predicted molar refractivity (Wildman–Crippen MR) is 127 cm³/mol. The van der Waals surface area contributed by atoms with Crippen molar-refractivity contribution >= 4 is 35.2 Å². The van der Waals surface area contributed by atoms with Gasteiger partial charge in [0.05, 0.1) is 5.75 Å². The lowest BCUT2D eigenvalue weighted by molar-refractivity contribution is -0.139. The summed E-state index contributed by atoms with van der Waals surface area (Å²) in [5.41, 5.74) is 2.84. The number of halogens is 1. The number of hydrogen-bond donors (Lipinski definition) is 1. The van der Waals surface area contributed by atoms with Gasteiger partial charge in [0, 0.05) is 22.9 Å². The third-order valence-corrected chi connectivity index (χ3v) is 5.94. The van der Waals surface area contributed by atoms with Crippen molar-refractivity contribution in [1.82, 2.24) is 10.2 Å². The molecule has 0 aliphatic heterocycles. The number of nitrogens with one attached hydrogen (secondary N) is 1. The van der Waals surface area contributed by atoms with Gasteiger partial charge in [-0.15, -0.1) is 11.8 Å². The summed E-state index contributed by atoms with van der Waals surface area (Å²) in [6.45, 7) is 9.89. The minimum absolute atomic E-state index is 0.0800. The molecule has 2 aromatic rings. The lowest BCUT2D eigenvalue weighted by Crippen LogP contribution is -2.52. The van der Waals surface area contributed by atoms with Crippen LogP contribution in [0.4, 0.5) is 0 Å². The van der Waals surface area contributed by atoms with Crippen LogP contribution in [-0.4, -0.2) is 34.0 Å². The molecular formula is C24H31ClN2O2S. The number of carbonyl (C=O) groups is 2. The molecule has 30 heavy (non-hydrogen) atoms. The molecule has 0 saturated heterocycles. The van der Waals surface area contributed by atoms with Crippen molar-refractivity contribution in [1.29, 1.82) is 0 Å². The van der Waals surface area contributed by atoms with E-state index in [1.54, 1.807) is 29.7 Å². The van der Waals surface area contributed by atoms with Gasteiger partial charge in [0.15, 0.2) is 0 Å². The molecule has 0 bridgehead atoms. The molecular weight excluding hydrogens is 416 g/mol. The fourth-order valence-corrected chi connectivity index (χ4v) is 3.96. The molecule has 162 valence electrons. The highest BCUT2D eigenvalue weighted by atomic mass is 35.5. The number of benzene rings is 2. The molecule has 0 radical (unpaired) electrons. The molecule has 0 unspecified atom stereocenters. The minimum atomic E-state index is -0.604. The van der Waals surface area contributed by atoms with Crippen LogP contribution in [0.1, 0.15) is 44.4 Å². The summed E-state index contributed by atoms with van der Waals surface area (Å²) in [7, 11) is 0. The van der Waals surface area contributed by atoms with Gasteiger partial charge in [-0.3, -0.25) is 9.59 Å². The number of aryl methyl sites for hydroxylation is 1. The third kappa shape index (κ3) is 7.69. The van der Waals surface area contributed by atoms with Crippen molar-refractivity contribution < 1.29 is 9.59 Å². The molecule has 0 fully saturated rings. The molecule has 0 aliphatic carbocycles. The van der Waals surface area contributed by atoms with E-state index in [2.05, 4.69) is 36.5 Å². The number of thioether (sulfide) groups is 1. The topological polar surface area (TPSA) is 49.4 Å². The summed E-state index contributed by atoms with van der Waals surface area (Å²) in [6.07, 6.45) is 0. The van der Waals surface area contributed by atoms with Crippen LogP contribution < -0.4 is 5.32 Å². The number of amides is 2. The number of rotatable bonds is 8. The van der Waals surface area contributed by atoms with E-state index in [4.69, 9.17) is 11.6 Å². The molecule has 2 rings (SSSR count). The highest BCUT2D eigenvalue weighted by Crippen LogP contribution is 2.21. The second kappa shape index (κ2) is 10.9. The highest BCUT2D eigenvalue weighted by molar-refractivity contribution is 7.99. The monoisotopic (exact) mass is 446 g/mol. The van der Waals surface area contributed by atoms with E-state index in [0.29, 0.717) is 17.3 Å². The maximum Gasteiger partial charge on any atom is 0.242 e. The Kier molecular flexibility index (Phi) is 8.80. The van der Waals surface area contributed by atoms with Crippen LogP contribution in [0.3, 0.4) is 0 Å². The summed E-state index contributed by atoms with van der Waals surface area (Å²) < 4.78 is 0. The number of carbonyl (C=O) groups excluding carboxylic acids is 2. The summed E-state index contributed by atoms with van der Waals surface area (Å²) in [6, 6.07) is 15.1. The lowest BCUT2D eigenvalue weighted by Gasteiger charge is -2.31. The van der Waals surface area contributed by atoms with Crippen LogP contribution in [0.25, 0.3) is 0 Å². The second-order valence-corrected chi connectivity index (χ2v) is 9.90. The van der Waals surface area contributed by atoms with Crippen LogP contribution in [0.2, 0.25) is 5.02 Å². The molecule has 0 spiro atoms. The van der Waals surface area contributed by atoms with Crippen LogP contribution >= 0.6 is 23.4 Å². The van der Waals surface area contributed by atoms with Crippen LogP contribution in [0.5, 0.6) is 0 Å². The van der Waals surface area contributed by atoms with E-state index in [9.17, 15) is 9.59 Å². The Bertz CT molecular complexity index is 862. The van der Waals surface area contributed by atoms with E-state index in [1.165, 1.54) is 11.1 Å². The van der Waals surface area contributed by atoms with Crippen LogP contribution in [-0.2, 0) is 21.9 Å². The first-order chi connectivity index (χ1) is 14.1. The molecule has 0 heterocycles. The highest BCUT2D eigenvalue weighted by Gasteiger charge is 2.28. The Morgan fingerprint density at radius 1 is 1.10 bits per heavy atom. The average Bonchev–Trinajstić information content (AvgIpc) is 2.67. The molecule has 0 saturated carbocycles. The summed E-state index contributed by atoms with van der Waals surface area (Å²) >= 11 is 7.87. The average molecular weight is 447 g/mol. The van der Waals surface area contributed by atoms with Gasteiger partial charge in [0.25, 0.3) is 0 Å². The largest absolute Gasteiger partial charge is 0.350 e. The summed E-state index contributed by atoms with van der Waals surface area (Å²) in [5.74, 6) is 0.787. The minimum Gasteiger partial charge on any atom is -0.350 e. The normalized spacial score (nSPS) is 12.3. The molecule has 6 heteroatoms. The lowest BCUT2D eigenvalue weighted by atomic mass is 10.1. The first-order valence-corrected chi connectivity index (χ1v) is 11.6. The van der Waals surface area contributed by atoms with E-state index in [1.807, 2.05) is 39.0 Å². The quantitative estimate of drug-likeness (QED) is 0.605. The Balaban J connectivity index is 2.10. The predicted octanol–water partition coefficient (Wildman–Crippen LogP) is 5.21. The van der Waals surface area contributed by atoms with Crippen molar-refractivity contribution in [3.05, 3.63) is 70.2 Å². The second-order valence-electron chi connectivity index (χ2n) is 8.51. The zero-order valence-corrected chi connectivity index (χ0v) is 19.9. The van der Waals surface area contributed by atoms with Gasteiger partial charge in [-0.05, 0) is 51.8 Å².